The van der Waals surface area contributed by atoms with Gasteiger partial charge in [0, 0.05) is 19.3 Å². The number of aliphatic hydroxyl groups excluding tert-OH is 1. The first-order valence-corrected chi connectivity index (χ1v) is 6.69. The van der Waals surface area contributed by atoms with E-state index in [1.165, 1.54) is 0 Å². The number of hydrogen-bond donors (Lipinski definition) is 2. The lowest BCUT2D eigenvalue weighted by Crippen LogP contribution is -2.18. The summed E-state index contributed by atoms with van der Waals surface area (Å²) in [5, 5.41) is 12.1. The Morgan fingerprint density at radius 3 is 2.95 bits per heavy atom. The molecule has 1 atom stereocenters. The van der Waals surface area contributed by atoms with E-state index in [4.69, 9.17) is 9.84 Å². The van der Waals surface area contributed by atoms with Crippen LogP contribution in [-0.2, 0) is 4.74 Å². The molecule has 0 amide bonds. The molecule has 0 aliphatic rings. The molecule has 1 aromatic heterocycles. The zero-order valence-electron chi connectivity index (χ0n) is 11.6. The predicted molar refractivity (Wildman–Crippen MR) is 74.2 cm³/mol. The van der Waals surface area contributed by atoms with Gasteiger partial charge < -0.3 is 15.2 Å². The molecule has 2 N–H and O–H groups in total. The van der Waals surface area contributed by atoms with Crippen LogP contribution in [0.5, 0.6) is 0 Å². The van der Waals surface area contributed by atoms with E-state index in [-0.39, 0.29) is 12.6 Å². The summed E-state index contributed by atoms with van der Waals surface area (Å²) < 4.78 is 4.99. The maximum Gasteiger partial charge on any atom is 0.341 e. The first kappa shape index (κ1) is 15.4. The van der Waals surface area contributed by atoms with Crippen molar-refractivity contribution in [1.29, 1.82) is 0 Å². The predicted octanol–water partition coefficient (Wildman–Crippen LogP) is 2.08. The molecule has 0 spiro atoms. The van der Waals surface area contributed by atoms with Gasteiger partial charge in [-0.15, -0.1) is 0 Å². The molecule has 1 rings (SSSR count). The number of hydrogen-bond acceptors (Lipinski definition) is 5. The third kappa shape index (κ3) is 4.87. The van der Waals surface area contributed by atoms with Crippen LogP contribution in [-0.4, -0.2) is 35.8 Å². The lowest BCUT2D eigenvalue weighted by atomic mass is 10.0. The van der Waals surface area contributed by atoms with Crippen LogP contribution in [0.25, 0.3) is 0 Å². The van der Waals surface area contributed by atoms with Crippen molar-refractivity contribution in [2.45, 2.75) is 26.7 Å². The molecule has 1 aromatic rings. The third-order valence-electron chi connectivity index (χ3n) is 2.98. The molecule has 0 radical (unpaired) electrons. The number of rotatable bonds is 8. The molecule has 0 aliphatic carbocycles. The Morgan fingerprint density at radius 2 is 2.32 bits per heavy atom. The number of esters is 1. The number of nitrogens with one attached hydrogen (secondary N) is 1. The average Bonchev–Trinajstić information content (AvgIpc) is 2.44. The number of aliphatic hydroxyl groups is 1. The molecule has 1 unspecified atom stereocenters. The lowest BCUT2D eigenvalue weighted by Gasteiger charge is -2.16. The van der Waals surface area contributed by atoms with Gasteiger partial charge in [-0.2, -0.15) is 0 Å². The minimum atomic E-state index is -0.367. The summed E-state index contributed by atoms with van der Waals surface area (Å²) in [5.41, 5.74) is 0.447. The maximum absolute atomic E-state index is 11.8. The highest BCUT2D eigenvalue weighted by Crippen LogP contribution is 2.15. The number of nitrogens with zero attached hydrogens (tertiary/aromatic N) is 1. The first-order valence-electron chi connectivity index (χ1n) is 6.69. The van der Waals surface area contributed by atoms with E-state index >= 15 is 0 Å². The van der Waals surface area contributed by atoms with Crippen molar-refractivity contribution in [3.63, 3.8) is 0 Å². The van der Waals surface area contributed by atoms with E-state index in [9.17, 15) is 4.79 Å². The van der Waals surface area contributed by atoms with Crippen molar-refractivity contribution in [2.75, 3.05) is 25.1 Å². The molecule has 1 heterocycles. The number of anilines is 1. The van der Waals surface area contributed by atoms with Crippen molar-refractivity contribution < 1.29 is 14.6 Å². The van der Waals surface area contributed by atoms with E-state index in [0.717, 1.165) is 12.8 Å². The van der Waals surface area contributed by atoms with Gasteiger partial charge in [-0.1, -0.05) is 13.3 Å². The highest BCUT2D eigenvalue weighted by atomic mass is 16.5. The van der Waals surface area contributed by atoms with Gasteiger partial charge in [0.15, 0.2) is 0 Å². The Bertz CT molecular complexity index is 396. The molecule has 0 aliphatic heterocycles. The topological polar surface area (TPSA) is 71.5 Å². The summed E-state index contributed by atoms with van der Waals surface area (Å²) in [6.45, 7) is 5.05. The van der Waals surface area contributed by atoms with Gasteiger partial charge in [0.2, 0.25) is 0 Å². The number of ether oxygens (including phenoxy) is 1. The van der Waals surface area contributed by atoms with E-state index in [1.54, 1.807) is 25.3 Å². The van der Waals surface area contributed by atoms with Crippen molar-refractivity contribution >= 4 is 11.8 Å². The van der Waals surface area contributed by atoms with E-state index in [2.05, 4.69) is 17.2 Å². The summed E-state index contributed by atoms with van der Waals surface area (Å²) in [5.74, 6) is 0.535. The molecule has 106 valence electrons. The minimum absolute atomic E-state index is 0.174. The monoisotopic (exact) mass is 266 g/mol. The van der Waals surface area contributed by atoms with Crippen LogP contribution >= 0.6 is 0 Å². The second kappa shape index (κ2) is 8.48. The van der Waals surface area contributed by atoms with Gasteiger partial charge in [-0.25, -0.2) is 9.78 Å². The smallest absolute Gasteiger partial charge is 0.341 e. The Morgan fingerprint density at radius 1 is 1.53 bits per heavy atom. The van der Waals surface area contributed by atoms with E-state index in [0.29, 0.717) is 30.5 Å². The normalized spacial score (nSPS) is 11.9. The van der Waals surface area contributed by atoms with Crippen LogP contribution in [0, 0.1) is 5.92 Å². The van der Waals surface area contributed by atoms with Crippen LogP contribution in [0.1, 0.15) is 37.0 Å². The fourth-order valence-electron chi connectivity index (χ4n) is 1.79. The van der Waals surface area contributed by atoms with Gasteiger partial charge >= 0.3 is 5.97 Å². The fourth-order valence-corrected chi connectivity index (χ4v) is 1.79. The molecular formula is C14H22N2O3. The third-order valence-corrected chi connectivity index (χ3v) is 2.98. The van der Waals surface area contributed by atoms with Crippen LogP contribution in [0.3, 0.4) is 0 Å². The van der Waals surface area contributed by atoms with Crippen molar-refractivity contribution in [1.82, 2.24) is 4.98 Å². The molecule has 5 heteroatoms. The summed E-state index contributed by atoms with van der Waals surface area (Å²) in [6, 6.07) is 3.41. The SMILES string of the molecule is CCOC(=O)c1cccnc1NCC(CC)CCO. The summed E-state index contributed by atoms with van der Waals surface area (Å²) >= 11 is 0. The van der Waals surface area contributed by atoms with Gasteiger partial charge in [0.25, 0.3) is 0 Å². The number of carbonyl (C=O) groups is 1. The molecule has 5 nitrogen and oxygen atoms in total. The molecule has 19 heavy (non-hydrogen) atoms. The molecule has 0 saturated carbocycles. The Labute approximate surface area is 114 Å². The van der Waals surface area contributed by atoms with Crippen molar-refractivity contribution in [3.8, 4) is 0 Å². The minimum Gasteiger partial charge on any atom is -0.462 e. The summed E-state index contributed by atoms with van der Waals surface area (Å²) in [7, 11) is 0. The Balaban J connectivity index is 2.69. The largest absolute Gasteiger partial charge is 0.462 e. The highest BCUT2D eigenvalue weighted by Gasteiger charge is 2.14. The van der Waals surface area contributed by atoms with Gasteiger partial charge in [-0.05, 0) is 31.4 Å². The van der Waals surface area contributed by atoms with Crippen LogP contribution in [0.2, 0.25) is 0 Å². The summed E-state index contributed by atoms with van der Waals surface area (Å²) in [4.78, 5) is 15.9. The zero-order chi connectivity index (χ0) is 14.1. The number of carbonyl (C=O) groups excluding carboxylic acids is 1. The van der Waals surface area contributed by atoms with E-state index < -0.39 is 0 Å². The second-order valence-corrected chi connectivity index (χ2v) is 4.29. The zero-order valence-corrected chi connectivity index (χ0v) is 11.6. The molecule has 0 bridgehead atoms. The van der Waals surface area contributed by atoms with Gasteiger partial charge in [0.1, 0.15) is 11.4 Å². The number of aromatic nitrogens is 1. The molecular weight excluding hydrogens is 244 g/mol. The Hall–Kier alpha value is -1.62. The van der Waals surface area contributed by atoms with Gasteiger partial charge in [-0.3, -0.25) is 0 Å². The van der Waals surface area contributed by atoms with Crippen LogP contribution < -0.4 is 5.32 Å². The van der Waals surface area contributed by atoms with E-state index in [1.807, 2.05) is 0 Å². The second-order valence-electron chi connectivity index (χ2n) is 4.29. The van der Waals surface area contributed by atoms with Crippen LogP contribution in [0.4, 0.5) is 5.82 Å². The maximum atomic E-state index is 11.8. The summed E-state index contributed by atoms with van der Waals surface area (Å²) in [6.07, 6.45) is 3.35. The molecule has 0 aromatic carbocycles. The van der Waals surface area contributed by atoms with Crippen molar-refractivity contribution in [2.24, 2.45) is 5.92 Å². The van der Waals surface area contributed by atoms with Crippen molar-refractivity contribution in [3.05, 3.63) is 23.9 Å². The number of pyridine rings is 1. The highest BCUT2D eigenvalue weighted by molar-refractivity contribution is 5.94. The standard InChI is InChI=1S/C14H22N2O3/c1-3-11(7-9-17)10-16-13-12(6-5-8-15-13)14(18)19-4-2/h5-6,8,11,17H,3-4,7,9-10H2,1-2H3,(H,15,16). The van der Waals surface area contributed by atoms with Gasteiger partial charge in [0.05, 0.1) is 6.61 Å². The molecule has 0 saturated heterocycles. The molecule has 0 fully saturated rings. The lowest BCUT2D eigenvalue weighted by molar-refractivity contribution is 0.0527. The average molecular weight is 266 g/mol. The fraction of sp³-hybridized carbons (Fsp3) is 0.571. The van der Waals surface area contributed by atoms with Crippen LogP contribution in [0.15, 0.2) is 18.3 Å². The quantitative estimate of drug-likeness (QED) is 0.705. The first-order chi connectivity index (χ1) is 9.22. The Kier molecular flexibility index (Phi) is 6.89.